The Morgan fingerprint density at radius 2 is 2.16 bits per heavy atom. The molecule has 0 spiro atoms. The Morgan fingerprint density at radius 3 is 2.74 bits per heavy atom. The van der Waals surface area contributed by atoms with Gasteiger partial charge in [0.25, 0.3) is 0 Å². The summed E-state index contributed by atoms with van der Waals surface area (Å²) in [6, 6.07) is 5.59. The Balaban J connectivity index is 0.00000180. The minimum Gasteiger partial charge on any atom is -0.327 e. The molecule has 0 bridgehead atoms. The summed E-state index contributed by atoms with van der Waals surface area (Å²) in [5.41, 5.74) is 7.58. The smallest absolute Gasteiger partial charge is 0.228 e. The number of carbonyl (C=O) groups is 1. The second kappa shape index (κ2) is 5.70. The first-order valence-corrected chi connectivity index (χ1v) is 6.55. The van der Waals surface area contributed by atoms with E-state index in [0.29, 0.717) is 13.0 Å². The van der Waals surface area contributed by atoms with E-state index in [0.717, 1.165) is 16.3 Å². The molecule has 0 fully saturated rings. The first kappa shape index (κ1) is 16.3. The molecule has 0 radical (unpaired) electrons. The van der Waals surface area contributed by atoms with Gasteiger partial charge in [-0.05, 0) is 19.1 Å². The van der Waals surface area contributed by atoms with Crippen LogP contribution in [0.5, 0.6) is 0 Å². The maximum absolute atomic E-state index is 12.2. The van der Waals surface area contributed by atoms with Crippen LogP contribution in [0.3, 0.4) is 0 Å². The van der Waals surface area contributed by atoms with Crippen LogP contribution in [0, 0.1) is 0 Å². The third-order valence-electron chi connectivity index (χ3n) is 3.31. The van der Waals surface area contributed by atoms with Crippen molar-refractivity contribution >= 4 is 35.6 Å². The van der Waals surface area contributed by atoms with E-state index in [-0.39, 0.29) is 29.8 Å². The molecule has 2 N–H and O–H groups in total. The second-order valence-corrected chi connectivity index (χ2v) is 6.09. The van der Waals surface area contributed by atoms with Gasteiger partial charge in [-0.1, -0.05) is 31.5 Å². The molecule has 1 aliphatic rings. The van der Waals surface area contributed by atoms with Gasteiger partial charge in [-0.3, -0.25) is 4.79 Å². The second-order valence-electron chi connectivity index (χ2n) is 5.68. The summed E-state index contributed by atoms with van der Waals surface area (Å²) in [5, 5.41) is 0.730. The molecule has 1 aliphatic heterocycles. The number of carbonyl (C=O) groups excluding carboxylic acids is 1. The molecule has 1 atom stereocenters. The van der Waals surface area contributed by atoms with E-state index < -0.39 is 0 Å². The van der Waals surface area contributed by atoms with Crippen LogP contribution < -0.4 is 10.6 Å². The van der Waals surface area contributed by atoms with Crippen molar-refractivity contribution in [2.24, 2.45) is 5.73 Å². The number of halogens is 2. The lowest BCUT2D eigenvalue weighted by Gasteiger charge is -2.21. The highest BCUT2D eigenvalue weighted by Gasteiger charge is 2.39. The fourth-order valence-electron chi connectivity index (χ4n) is 2.58. The van der Waals surface area contributed by atoms with Crippen molar-refractivity contribution in [3.63, 3.8) is 0 Å². The summed E-state index contributed by atoms with van der Waals surface area (Å²) < 4.78 is 0. The highest BCUT2D eigenvalue weighted by molar-refractivity contribution is 6.32. The number of fused-ring (bicyclic) bond motifs is 1. The number of nitrogens with zero attached hydrogens (tertiary/aromatic N) is 1. The van der Waals surface area contributed by atoms with Gasteiger partial charge in [-0.15, -0.1) is 12.4 Å². The number of benzene rings is 1. The van der Waals surface area contributed by atoms with E-state index in [9.17, 15) is 4.79 Å². The Hall–Kier alpha value is -0.770. The molecule has 19 heavy (non-hydrogen) atoms. The molecule has 1 amide bonds. The standard InChI is InChI=1S/C14H19ClN2O.ClH/c1-9(16)7-12(18)17-8-14(2,3)13-10(15)5-4-6-11(13)17;/h4-6,9H,7-8,16H2,1-3H3;1H. The molecule has 106 valence electrons. The van der Waals surface area contributed by atoms with Gasteiger partial charge in [-0.25, -0.2) is 0 Å². The zero-order valence-corrected chi connectivity index (χ0v) is 13.0. The summed E-state index contributed by atoms with van der Waals surface area (Å²) in [6.07, 6.45) is 0.363. The summed E-state index contributed by atoms with van der Waals surface area (Å²) in [6.45, 7) is 6.73. The predicted molar refractivity (Wildman–Crippen MR) is 82.3 cm³/mol. The monoisotopic (exact) mass is 302 g/mol. The Kier molecular flexibility index (Phi) is 4.88. The first-order valence-electron chi connectivity index (χ1n) is 6.18. The maximum atomic E-state index is 12.2. The lowest BCUT2D eigenvalue weighted by Crippen LogP contribution is -2.36. The van der Waals surface area contributed by atoms with Crippen LogP contribution in [0.1, 0.15) is 32.8 Å². The van der Waals surface area contributed by atoms with Crippen molar-refractivity contribution in [3.05, 3.63) is 28.8 Å². The van der Waals surface area contributed by atoms with Crippen LogP contribution in [0.25, 0.3) is 0 Å². The van der Waals surface area contributed by atoms with Gasteiger partial charge < -0.3 is 10.6 Å². The average Bonchev–Trinajstić information content (AvgIpc) is 2.51. The lowest BCUT2D eigenvalue weighted by atomic mass is 9.87. The number of hydrogen-bond donors (Lipinski definition) is 1. The molecule has 0 saturated heterocycles. The van der Waals surface area contributed by atoms with E-state index >= 15 is 0 Å². The highest BCUT2D eigenvalue weighted by Crippen LogP contribution is 2.44. The zero-order valence-electron chi connectivity index (χ0n) is 11.4. The fourth-order valence-corrected chi connectivity index (χ4v) is 3.00. The summed E-state index contributed by atoms with van der Waals surface area (Å²) >= 11 is 6.27. The van der Waals surface area contributed by atoms with E-state index in [1.807, 2.05) is 30.0 Å². The third-order valence-corrected chi connectivity index (χ3v) is 3.63. The van der Waals surface area contributed by atoms with Gasteiger partial charge in [0.2, 0.25) is 5.91 Å². The molecule has 5 heteroatoms. The average molecular weight is 303 g/mol. The Bertz CT molecular complexity index is 486. The van der Waals surface area contributed by atoms with Gasteiger partial charge in [0.05, 0.1) is 0 Å². The van der Waals surface area contributed by atoms with E-state index in [1.54, 1.807) is 0 Å². The number of anilines is 1. The van der Waals surface area contributed by atoms with Crippen LogP contribution in [0.15, 0.2) is 18.2 Å². The summed E-state index contributed by atoms with van der Waals surface area (Å²) in [7, 11) is 0. The van der Waals surface area contributed by atoms with Crippen molar-refractivity contribution in [3.8, 4) is 0 Å². The molecule has 3 nitrogen and oxygen atoms in total. The number of rotatable bonds is 2. The third kappa shape index (κ3) is 3.04. The fraction of sp³-hybridized carbons (Fsp3) is 0.500. The molecule has 0 aromatic heterocycles. The maximum Gasteiger partial charge on any atom is 0.228 e. The normalized spacial score (nSPS) is 17.6. The van der Waals surface area contributed by atoms with Crippen LogP contribution >= 0.6 is 24.0 Å². The van der Waals surface area contributed by atoms with Crippen molar-refractivity contribution in [1.29, 1.82) is 0 Å². The van der Waals surface area contributed by atoms with Gasteiger partial charge in [0, 0.05) is 40.7 Å². The highest BCUT2D eigenvalue weighted by atomic mass is 35.5. The molecular formula is C14H20Cl2N2O. The van der Waals surface area contributed by atoms with Gasteiger partial charge in [-0.2, -0.15) is 0 Å². The molecule has 1 aromatic carbocycles. The summed E-state index contributed by atoms with van der Waals surface area (Å²) in [4.78, 5) is 14.0. The Morgan fingerprint density at radius 1 is 1.53 bits per heavy atom. The topological polar surface area (TPSA) is 46.3 Å². The molecule has 2 rings (SSSR count). The number of nitrogens with two attached hydrogens (primary N) is 1. The molecule has 1 heterocycles. The zero-order chi connectivity index (χ0) is 13.5. The number of amides is 1. The van der Waals surface area contributed by atoms with E-state index in [4.69, 9.17) is 17.3 Å². The Labute approximate surface area is 125 Å². The van der Waals surface area contributed by atoms with E-state index in [2.05, 4.69) is 13.8 Å². The van der Waals surface area contributed by atoms with Gasteiger partial charge in [0.1, 0.15) is 0 Å². The molecule has 0 saturated carbocycles. The van der Waals surface area contributed by atoms with Crippen LogP contribution in [0.4, 0.5) is 5.69 Å². The quantitative estimate of drug-likeness (QED) is 0.912. The van der Waals surface area contributed by atoms with Crippen LogP contribution in [0.2, 0.25) is 5.02 Å². The predicted octanol–water partition coefficient (Wildman–Crippen LogP) is 3.12. The van der Waals surface area contributed by atoms with Crippen molar-refractivity contribution < 1.29 is 4.79 Å². The SMILES string of the molecule is CC(N)CC(=O)N1CC(C)(C)c2c(Cl)cccc21.Cl. The van der Waals surface area contributed by atoms with Gasteiger partial charge >= 0.3 is 0 Å². The molecule has 1 aromatic rings. The summed E-state index contributed by atoms with van der Waals surface area (Å²) in [5.74, 6) is 0.0686. The largest absolute Gasteiger partial charge is 0.327 e. The van der Waals surface area contributed by atoms with E-state index in [1.165, 1.54) is 0 Å². The van der Waals surface area contributed by atoms with Crippen molar-refractivity contribution in [1.82, 2.24) is 0 Å². The van der Waals surface area contributed by atoms with Crippen molar-refractivity contribution in [2.45, 2.75) is 38.6 Å². The first-order chi connectivity index (χ1) is 8.33. The molecule has 0 aliphatic carbocycles. The van der Waals surface area contributed by atoms with Gasteiger partial charge in [0.15, 0.2) is 0 Å². The number of hydrogen-bond acceptors (Lipinski definition) is 2. The lowest BCUT2D eigenvalue weighted by molar-refractivity contribution is -0.118. The van der Waals surface area contributed by atoms with Crippen molar-refractivity contribution in [2.75, 3.05) is 11.4 Å². The van der Waals surface area contributed by atoms with Crippen LogP contribution in [-0.2, 0) is 10.2 Å². The molecular weight excluding hydrogens is 283 g/mol. The van der Waals surface area contributed by atoms with Crippen LogP contribution in [-0.4, -0.2) is 18.5 Å². The minimum absolute atomic E-state index is 0. The minimum atomic E-state index is -0.121. The molecule has 1 unspecified atom stereocenters.